The summed E-state index contributed by atoms with van der Waals surface area (Å²) in [7, 11) is 0. The van der Waals surface area contributed by atoms with Crippen molar-refractivity contribution in [1.82, 2.24) is 0 Å². The third-order valence-corrected chi connectivity index (χ3v) is 3.11. The van der Waals surface area contributed by atoms with Gasteiger partial charge < -0.3 is 5.73 Å². The zero-order chi connectivity index (χ0) is 11.0. The van der Waals surface area contributed by atoms with Crippen LogP contribution in [0.25, 0.3) is 0 Å². The Hall–Kier alpha value is -0.300. The Bertz CT molecular complexity index is 155. The van der Waals surface area contributed by atoms with E-state index in [1.165, 1.54) is 24.8 Å². The second kappa shape index (κ2) is 8.05. The van der Waals surface area contributed by atoms with Crippen LogP contribution in [-0.4, -0.2) is 6.54 Å². The largest absolute Gasteiger partial charge is 0.327 e. The van der Waals surface area contributed by atoms with E-state index in [0.717, 1.165) is 24.8 Å². The highest BCUT2D eigenvalue weighted by atomic mass is 14.5. The topological polar surface area (TPSA) is 26.0 Å². The lowest BCUT2D eigenvalue weighted by atomic mass is 9.86. The smallest absolute Gasteiger partial charge is 0.0136 e. The molecule has 0 aromatic heterocycles. The van der Waals surface area contributed by atoms with Gasteiger partial charge >= 0.3 is 0 Å². The SMILES string of the molecule is CCCC(C)C(/C=C(\CC)CN)CC. The molecular weight excluding hydrogens is 170 g/mol. The van der Waals surface area contributed by atoms with Crippen LogP contribution in [0.2, 0.25) is 0 Å². The Morgan fingerprint density at radius 1 is 1.29 bits per heavy atom. The van der Waals surface area contributed by atoms with Crippen LogP contribution >= 0.6 is 0 Å². The lowest BCUT2D eigenvalue weighted by Gasteiger charge is -2.20. The molecule has 0 heterocycles. The Balaban J connectivity index is 4.31. The van der Waals surface area contributed by atoms with Crippen molar-refractivity contribution < 1.29 is 0 Å². The molecule has 0 aliphatic rings. The first-order valence-electron chi connectivity index (χ1n) is 6.09. The molecule has 2 unspecified atom stereocenters. The minimum absolute atomic E-state index is 0.728. The van der Waals surface area contributed by atoms with E-state index < -0.39 is 0 Å². The van der Waals surface area contributed by atoms with E-state index in [0.29, 0.717) is 0 Å². The Kier molecular flexibility index (Phi) is 7.87. The molecule has 0 radical (unpaired) electrons. The van der Waals surface area contributed by atoms with Crippen LogP contribution in [0.4, 0.5) is 0 Å². The molecule has 0 bridgehead atoms. The quantitative estimate of drug-likeness (QED) is 0.618. The molecular formula is C13H27N. The second-order valence-corrected chi connectivity index (χ2v) is 4.22. The predicted molar refractivity (Wildman–Crippen MR) is 65.3 cm³/mol. The molecule has 0 aromatic rings. The van der Waals surface area contributed by atoms with E-state index in [1.54, 1.807) is 0 Å². The summed E-state index contributed by atoms with van der Waals surface area (Å²) in [5.74, 6) is 1.53. The van der Waals surface area contributed by atoms with Crippen LogP contribution in [0, 0.1) is 11.8 Å². The van der Waals surface area contributed by atoms with Gasteiger partial charge in [0.05, 0.1) is 0 Å². The maximum Gasteiger partial charge on any atom is 0.0136 e. The fourth-order valence-electron chi connectivity index (χ4n) is 1.99. The molecule has 2 N–H and O–H groups in total. The molecule has 0 aliphatic carbocycles. The molecule has 0 fully saturated rings. The van der Waals surface area contributed by atoms with E-state index in [4.69, 9.17) is 5.73 Å². The summed E-state index contributed by atoms with van der Waals surface area (Å²) < 4.78 is 0. The highest BCUT2D eigenvalue weighted by Gasteiger charge is 2.12. The van der Waals surface area contributed by atoms with Gasteiger partial charge in [0.25, 0.3) is 0 Å². The average molecular weight is 197 g/mol. The van der Waals surface area contributed by atoms with Gasteiger partial charge in [-0.05, 0) is 24.7 Å². The van der Waals surface area contributed by atoms with Gasteiger partial charge in [-0.3, -0.25) is 0 Å². The van der Waals surface area contributed by atoms with E-state index in [2.05, 4.69) is 33.8 Å². The monoisotopic (exact) mass is 197 g/mol. The van der Waals surface area contributed by atoms with Crippen molar-refractivity contribution in [3.63, 3.8) is 0 Å². The van der Waals surface area contributed by atoms with Gasteiger partial charge in [-0.2, -0.15) is 0 Å². The van der Waals surface area contributed by atoms with Crippen molar-refractivity contribution in [1.29, 1.82) is 0 Å². The van der Waals surface area contributed by atoms with Gasteiger partial charge in [-0.1, -0.05) is 52.2 Å². The van der Waals surface area contributed by atoms with Crippen LogP contribution < -0.4 is 5.73 Å². The summed E-state index contributed by atoms with van der Waals surface area (Å²) in [6.45, 7) is 9.81. The van der Waals surface area contributed by atoms with E-state index in [-0.39, 0.29) is 0 Å². The van der Waals surface area contributed by atoms with Crippen molar-refractivity contribution in [2.45, 2.75) is 53.4 Å². The first-order valence-corrected chi connectivity index (χ1v) is 6.09. The third kappa shape index (κ3) is 4.80. The van der Waals surface area contributed by atoms with Crippen LogP contribution in [0.5, 0.6) is 0 Å². The van der Waals surface area contributed by atoms with Crippen molar-refractivity contribution in [3.05, 3.63) is 11.6 Å². The van der Waals surface area contributed by atoms with E-state index in [9.17, 15) is 0 Å². The van der Waals surface area contributed by atoms with Crippen LogP contribution in [0.1, 0.15) is 53.4 Å². The molecule has 1 heteroatoms. The number of hydrogen-bond donors (Lipinski definition) is 1. The third-order valence-electron chi connectivity index (χ3n) is 3.11. The minimum Gasteiger partial charge on any atom is -0.327 e. The normalized spacial score (nSPS) is 16.8. The first kappa shape index (κ1) is 13.7. The zero-order valence-corrected chi connectivity index (χ0v) is 10.3. The maximum atomic E-state index is 5.69. The van der Waals surface area contributed by atoms with Crippen molar-refractivity contribution >= 4 is 0 Å². The van der Waals surface area contributed by atoms with E-state index >= 15 is 0 Å². The molecule has 0 rings (SSSR count). The Morgan fingerprint density at radius 2 is 1.93 bits per heavy atom. The van der Waals surface area contributed by atoms with Gasteiger partial charge in [0.1, 0.15) is 0 Å². The van der Waals surface area contributed by atoms with Gasteiger partial charge in [0.15, 0.2) is 0 Å². The standard InChI is InChI=1S/C13H27N/c1-5-8-11(4)13(7-3)9-12(6-2)10-14/h9,11,13H,5-8,10,14H2,1-4H3/b12-9+. The molecule has 14 heavy (non-hydrogen) atoms. The summed E-state index contributed by atoms with van der Waals surface area (Å²) >= 11 is 0. The number of allylic oxidation sites excluding steroid dienone is 1. The zero-order valence-electron chi connectivity index (χ0n) is 10.3. The van der Waals surface area contributed by atoms with Crippen LogP contribution in [0.15, 0.2) is 11.6 Å². The Morgan fingerprint density at radius 3 is 2.29 bits per heavy atom. The molecule has 1 nitrogen and oxygen atoms in total. The van der Waals surface area contributed by atoms with Crippen molar-refractivity contribution in [2.75, 3.05) is 6.54 Å². The molecule has 2 atom stereocenters. The van der Waals surface area contributed by atoms with Crippen LogP contribution in [0.3, 0.4) is 0 Å². The highest BCUT2D eigenvalue weighted by molar-refractivity contribution is 5.05. The Labute approximate surface area is 89.8 Å². The maximum absolute atomic E-state index is 5.69. The second-order valence-electron chi connectivity index (χ2n) is 4.22. The lowest BCUT2D eigenvalue weighted by molar-refractivity contribution is 0.386. The molecule has 0 saturated carbocycles. The summed E-state index contributed by atoms with van der Waals surface area (Å²) in [4.78, 5) is 0. The molecule has 0 amide bonds. The van der Waals surface area contributed by atoms with E-state index in [1.807, 2.05) is 0 Å². The van der Waals surface area contributed by atoms with Crippen LogP contribution in [-0.2, 0) is 0 Å². The minimum atomic E-state index is 0.728. The van der Waals surface area contributed by atoms with Crippen molar-refractivity contribution in [2.24, 2.45) is 17.6 Å². The van der Waals surface area contributed by atoms with Gasteiger partial charge in [0, 0.05) is 6.54 Å². The van der Waals surface area contributed by atoms with Gasteiger partial charge in [-0.25, -0.2) is 0 Å². The van der Waals surface area contributed by atoms with Gasteiger partial charge in [-0.15, -0.1) is 0 Å². The number of rotatable bonds is 7. The molecule has 0 aliphatic heterocycles. The van der Waals surface area contributed by atoms with Gasteiger partial charge in [0.2, 0.25) is 0 Å². The molecule has 0 saturated heterocycles. The number of hydrogen-bond acceptors (Lipinski definition) is 1. The summed E-state index contributed by atoms with van der Waals surface area (Å²) in [6, 6.07) is 0. The summed E-state index contributed by atoms with van der Waals surface area (Å²) in [6.07, 6.45) is 7.38. The average Bonchev–Trinajstić information content (AvgIpc) is 2.20. The molecule has 0 spiro atoms. The highest BCUT2D eigenvalue weighted by Crippen LogP contribution is 2.23. The van der Waals surface area contributed by atoms with Crippen molar-refractivity contribution in [3.8, 4) is 0 Å². The molecule has 0 aromatic carbocycles. The fourth-order valence-corrected chi connectivity index (χ4v) is 1.99. The molecule has 84 valence electrons. The first-order chi connectivity index (χ1) is 6.69. The summed E-state index contributed by atoms with van der Waals surface area (Å²) in [5, 5.41) is 0. The number of nitrogens with two attached hydrogens (primary N) is 1. The summed E-state index contributed by atoms with van der Waals surface area (Å²) in [5.41, 5.74) is 7.11. The predicted octanol–water partition coefficient (Wildman–Crippen LogP) is 3.74. The fraction of sp³-hybridized carbons (Fsp3) is 0.846. The lowest BCUT2D eigenvalue weighted by Crippen LogP contribution is -2.11.